The van der Waals surface area contributed by atoms with Crippen molar-refractivity contribution in [2.24, 2.45) is 5.92 Å². The fourth-order valence-corrected chi connectivity index (χ4v) is 4.16. The molecule has 2 nitrogen and oxygen atoms in total. The molecule has 1 aliphatic carbocycles. The minimum absolute atomic E-state index is 0.457. The maximum Gasteiger partial charge on any atom is 0.122 e. The first kappa shape index (κ1) is 14.9. The fourth-order valence-electron chi connectivity index (χ4n) is 4.16. The predicted molar refractivity (Wildman–Crippen MR) is 85.7 cm³/mol. The molecule has 0 aromatic heterocycles. The van der Waals surface area contributed by atoms with Crippen LogP contribution in [0.5, 0.6) is 5.75 Å². The number of benzene rings is 1. The lowest BCUT2D eigenvalue weighted by Gasteiger charge is -2.34. The van der Waals surface area contributed by atoms with Gasteiger partial charge >= 0.3 is 0 Å². The third-order valence-corrected chi connectivity index (χ3v) is 5.56. The van der Waals surface area contributed by atoms with Crippen molar-refractivity contribution in [3.8, 4) is 5.75 Å². The third-order valence-electron chi connectivity index (χ3n) is 5.56. The molecule has 1 aromatic rings. The van der Waals surface area contributed by atoms with Crippen LogP contribution >= 0.6 is 0 Å². The minimum Gasteiger partial charge on any atom is -0.493 e. The van der Waals surface area contributed by atoms with E-state index in [-0.39, 0.29) is 0 Å². The Bertz CT molecular complexity index is 470. The molecule has 1 N–H and O–H groups in total. The van der Waals surface area contributed by atoms with E-state index < -0.39 is 5.60 Å². The van der Waals surface area contributed by atoms with Gasteiger partial charge in [-0.25, -0.2) is 0 Å². The molecule has 0 saturated heterocycles. The van der Waals surface area contributed by atoms with Gasteiger partial charge in [-0.2, -0.15) is 0 Å². The van der Waals surface area contributed by atoms with E-state index in [1.807, 2.05) is 6.07 Å². The van der Waals surface area contributed by atoms with Crippen LogP contribution in [-0.4, -0.2) is 17.3 Å². The molecule has 0 amide bonds. The molecule has 0 spiro atoms. The van der Waals surface area contributed by atoms with Crippen LogP contribution in [0.4, 0.5) is 0 Å². The summed E-state index contributed by atoms with van der Waals surface area (Å²) in [4.78, 5) is 0. The molecule has 1 fully saturated rings. The Balaban J connectivity index is 1.71. The van der Waals surface area contributed by atoms with Gasteiger partial charge in [-0.15, -0.1) is 0 Å². The Hall–Kier alpha value is -1.02. The van der Waals surface area contributed by atoms with E-state index in [0.717, 1.165) is 44.0 Å². The number of fused-ring (bicyclic) bond motifs is 1. The molecular weight excluding hydrogens is 260 g/mol. The highest BCUT2D eigenvalue weighted by Gasteiger charge is 2.35. The normalized spacial score (nSPS) is 32.9. The summed E-state index contributed by atoms with van der Waals surface area (Å²) in [7, 11) is 0. The Labute approximate surface area is 128 Å². The molecule has 0 radical (unpaired) electrons. The summed E-state index contributed by atoms with van der Waals surface area (Å²) in [5.41, 5.74) is 0.840. The van der Waals surface area contributed by atoms with E-state index in [1.54, 1.807) is 0 Å². The Morgan fingerprint density at radius 3 is 2.90 bits per heavy atom. The molecule has 1 aromatic carbocycles. The molecule has 3 atom stereocenters. The van der Waals surface area contributed by atoms with Crippen LogP contribution in [0.1, 0.15) is 69.8 Å². The van der Waals surface area contributed by atoms with E-state index in [2.05, 4.69) is 25.1 Å². The lowest BCUT2D eigenvalue weighted by atomic mass is 9.79. The molecule has 3 unspecified atom stereocenters. The summed E-state index contributed by atoms with van der Waals surface area (Å²) >= 11 is 0. The second-order valence-corrected chi connectivity index (χ2v) is 7.01. The SMILES string of the molecule is CCC1CCCC(O)(CC2CCOc3ccccc32)CC1. The lowest BCUT2D eigenvalue weighted by molar-refractivity contribution is 0.00523. The number of rotatable bonds is 3. The summed E-state index contributed by atoms with van der Waals surface area (Å²) < 4.78 is 5.75. The zero-order chi connectivity index (χ0) is 14.7. The van der Waals surface area contributed by atoms with Crippen LogP contribution in [0.15, 0.2) is 24.3 Å². The predicted octanol–water partition coefficient (Wildman–Crippen LogP) is 4.66. The van der Waals surface area contributed by atoms with Crippen LogP contribution < -0.4 is 4.74 Å². The number of hydrogen-bond acceptors (Lipinski definition) is 2. The summed E-state index contributed by atoms with van der Waals surface area (Å²) in [6.07, 6.45) is 8.82. The monoisotopic (exact) mass is 288 g/mol. The van der Waals surface area contributed by atoms with Crippen molar-refractivity contribution in [2.45, 2.75) is 69.8 Å². The quantitative estimate of drug-likeness (QED) is 0.819. The molecule has 2 aliphatic rings. The number of para-hydroxylation sites is 1. The fraction of sp³-hybridized carbons (Fsp3) is 0.684. The van der Waals surface area contributed by atoms with Gasteiger partial charge in [0.25, 0.3) is 0 Å². The van der Waals surface area contributed by atoms with Gasteiger partial charge in [-0.05, 0) is 55.6 Å². The topological polar surface area (TPSA) is 29.5 Å². The summed E-state index contributed by atoms with van der Waals surface area (Å²) in [6.45, 7) is 3.07. The van der Waals surface area contributed by atoms with Crippen LogP contribution in [0.25, 0.3) is 0 Å². The summed E-state index contributed by atoms with van der Waals surface area (Å²) in [6, 6.07) is 8.36. The van der Waals surface area contributed by atoms with E-state index in [9.17, 15) is 5.11 Å². The highest BCUT2D eigenvalue weighted by molar-refractivity contribution is 5.37. The standard InChI is InChI=1S/C19H28O2/c1-2-15-6-5-11-19(20,12-9-15)14-16-10-13-21-18-8-4-3-7-17(16)18/h3-4,7-8,15-16,20H,2,5-6,9-14H2,1H3. The molecule has 3 rings (SSSR count). The van der Waals surface area contributed by atoms with Gasteiger partial charge < -0.3 is 9.84 Å². The maximum absolute atomic E-state index is 11.1. The highest BCUT2D eigenvalue weighted by atomic mass is 16.5. The third kappa shape index (κ3) is 3.42. The van der Waals surface area contributed by atoms with Crippen molar-refractivity contribution in [3.63, 3.8) is 0 Å². The molecule has 1 heterocycles. The van der Waals surface area contributed by atoms with Crippen LogP contribution in [0.2, 0.25) is 0 Å². The van der Waals surface area contributed by atoms with Crippen LogP contribution in [0.3, 0.4) is 0 Å². The van der Waals surface area contributed by atoms with Crippen molar-refractivity contribution in [1.82, 2.24) is 0 Å². The molecular formula is C19H28O2. The van der Waals surface area contributed by atoms with Gasteiger partial charge in [0.15, 0.2) is 0 Å². The van der Waals surface area contributed by atoms with Crippen LogP contribution in [0, 0.1) is 5.92 Å². The molecule has 21 heavy (non-hydrogen) atoms. The lowest BCUT2D eigenvalue weighted by Crippen LogP contribution is -2.32. The van der Waals surface area contributed by atoms with Gasteiger partial charge in [-0.1, -0.05) is 44.4 Å². The first-order valence-electron chi connectivity index (χ1n) is 8.64. The van der Waals surface area contributed by atoms with Gasteiger partial charge in [-0.3, -0.25) is 0 Å². The Morgan fingerprint density at radius 2 is 2.05 bits per heavy atom. The number of ether oxygens (including phenoxy) is 1. The molecule has 2 heteroatoms. The molecule has 1 aliphatic heterocycles. The second kappa shape index (κ2) is 6.39. The zero-order valence-corrected chi connectivity index (χ0v) is 13.2. The average molecular weight is 288 g/mol. The van der Waals surface area contributed by atoms with Crippen molar-refractivity contribution in [3.05, 3.63) is 29.8 Å². The Kier molecular flexibility index (Phi) is 4.54. The van der Waals surface area contributed by atoms with E-state index >= 15 is 0 Å². The van der Waals surface area contributed by atoms with Crippen molar-refractivity contribution >= 4 is 0 Å². The number of hydrogen-bond donors (Lipinski definition) is 1. The highest BCUT2D eigenvalue weighted by Crippen LogP contribution is 2.42. The largest absolute Gasteiger partial charge is 0.493 e. The molecule has 116 valence electrons. The Morgan fingerprint density at radius 1 is 1.19 bits per heavy atom. The first-order valence-corrected chi connectivity index (χ1v) is 8.64. The smallest absolute Gasteiger partial charge is 0.122 e. The average Bonchev–Trinajstić information content (AvgIpc) is 2.69. The van der Waals surface area contributed by atoms with Gasteiger partial charge in [0.2, 0.25) is 0 Å². The second-order valence-electron chi connectivity index (χ2n) is 7.01. The van der Waals surface area contributed by atoms with Gasteiger partial charge in [0, 0.05) is 0 Å². The van der Waals surface area contributed by atoms with Crippen molar-refractivity contribution in [2.75, 3.05) is 6.61 Å². The van der Waals surface area contributed by atoms with Crippen LogP contribution in [-0.2, 0) is 0 Å². The maximum atomic E-state index is 11.1. The van der Waals surface area contributed by atoms with Crippen molar-refractivity contribution < 1.29 is 9.84 Å². The number of aliphatic hydroxyl groups is 1. The summed E-state index contributed by atoms with van der Waals surface area (Å²) in [5, 5.41) is 11.1. The first-order chi connectivity index (χ1) is 10.2. The van der Waals surface area contributed by atoms with E-state index in [4.69, 9.17) is 4.74 Å². The van der Waals surface area contributed by atoms with Crippen molar-refractivity contribution in [1.29, 1.82) is 0 Å². The molecule has 1 saturated carbocycles. The van der Waals surface area contributed by atoms with E-state index in [1.165, 1.54) is 31.2 Å². The van der Waals surface area contributed by atoms with Gasteiger partial charge in [0.1, 0.15) is 5.75 Å². The summed E-state index contributed by atoms with van der Waals surface area (Å²) in [5.74, 6) is 2.30. The molecule has 0 bridgehead atoms. The minimum atomic E-state index is -0.459. The zero-order valence-electron chi connectivity index (χ0n) is 13.2. The van der Waals surface area contributed by atoms with Gasteiger partial charge in [0.05, 0.1) is 12.2 Å². The van der Waals surface area contributed by atoms with E-state index in [0.29, 0.717) is 5.92 Å².